The number of hydrogen-bond acceptors (Lipinski definition) is 5. The van der Waals surface area contributed by atoms with Crippen molar-refractivity contribution in [1.82, 2.24) is 15.0 Å². The van der Waals surface area contributed by atoms with E-state index in [1.54, 1.807) is 0 Å². The lowest BCUT2D eigenvalue weighted by Gasteiger charge is -2.20. The van der Waals surface area contributed by atoms with Gasteiger partial charge in [-0.05, 0) is 76.3 Å². The van der Waals surface area contributed by atoms with Crippen molar-refractivity contribution in [3.8, 4) is 5.88 Å². The lowest BCUT2D eigenvalue weighted by molar-refractivity contribution is -0.157. The van der Waals surface area contributed by atoms with E-state index in [-0.39, 0.29) is 6.61 Å². The second-order valence-corrected chi connectivity index (χ2v) is 9.38. The van der Waals surface area contributed by atoms with Crippen LogP contribution >= 0.6 is 0 Å². The standard InChI is InChI=1S/C25H33N3O3/c1-14(2)20-12-26-21-10-9-18(28-23(20)21)11-19-15(3)16(4)24(27-17(19)5)30-13-22(29)31-25(6,7)8/h9-10,12,14,26H,11,13H2,1-8H3. The highest BCUT2D eigenvalue weighted by Crippen LogP contribution is 2.28. The van der Waals surface area contributed by atoms with Crippen LogP contribution in [0.2, 0.25) is 0 Å². The van der Waals surface area contributed by atoms with Crippen LogP contribution < -0.4 is 4.74 Å². The van der Waals surface area contributed by atoms with Crippen LogP contribution in [0.15, 0.2) is 18.3 Å². The van der Waals surface area contributed by atoms with Gasteiger partial charge in [-0.25, -0.2) is 9.78 Å². The molecule has 6 heteroatoms. The van der Waals surface area contributed by atoms with Crippen LogP contribution in [-0.4, -0.2) is 33.1 Å². The summed E-state index contributed by atoms with van der Waals surface area (Å²) < 4.78 is 11.0. The van der Waals surface area contributed by atoms with E-state index in [0.29, 0.717) is 18.2 Å². The third-order valence-corrected chi connectivity index (χ3v) is 5.38. The van der Waals surface area contributed by atoms with E-state index in [2.05, 4.69) is 42.9 Å². The zero-order valence-electron chi connectivity index (χ0n) is 19.8. The number of nitrogens with zero attached hydrogens (tertiary/aromatic N) is 2. The Morgan fingerprint density at radius 3 is 2.45 bits per heavy atom. The minimum Gasteiger partial charge on any atom is -0.465 e. The fourth-order valence-electron chi connectivity index (χ4n) is 3.64. The maximum Gasteiger partial charge on any atom is 0.344 e. The zero-order chi connectivity index (χ0) is 22.9. The molecule has 0 unspecified atom stereocenters. The largest absolute Gasteiger partial charge is 0.465 e. The number of ether oxygens (including phenoxy) is 2. The molecule has 0 atom stereocenters. The van der Waals surface area contributed by atoms with Crippen molar-refractivity contribution in [3.05, 3.63) is 52.0 Å². The summed E-state index contributed by atoms with van der Waals surface area (Å²) in [6.07, 6.45) is 2.74. The summed E-state index contributed by atoms with van der Waals surface area (Å²) in [5, 5.41) is 0. The van der Waals surface area contributed by atoms with Gasteiger partial charge in [0.1, 0.15) is 5.60 Å². The number of rotatable bonds is 6. The van der Waals surface area contributed by atoms with Crippen molar-refractivity contribution in [3.63, 3.8) is 0 Å². The second-order valence-electron chi connectivity index (χ2n) is 9.38. The van der Waals surface area contributed by atoms with Gasteiger partial charge >= 0.3 is 5.97 Å². The average molecular weight is 424 g/mol. The number of fused-ring (bicyclic) bond motifs is 1. The first kappa shape index (κ1) is 22.8. The number of aromatic amines is 1. The Kier molecular flexibility index (Phi) is 6.39. The van der Waals surface area contributed by atoms with Crippen molar-refractivity contribution in [2.45, 2.75) is 73.3 Å². The minimum atomic E-state index is -0.540. The molecule has 31 heavy (non-hydrogen) atoms. The number of nitrogens with one attached hydrogen (secondary N) is 1. The smallest absolute Gasteiger partial charge is 0.344 e. The maximum atomic E-state index is 12.0. The van der Waals surface area contributed by atoms with Gasteiger partial charge in [-0.2, -0.15) is 0 Å². The monoisotopic (exact) mass is 423 g/mol. The molecule has 3 aromatic heterocycles. The molecule has 6 nitrogen and oxygen atoms in total. The molecule has 0 aliphatic carbocycles. The molecule has 0 amide bonds. The van der Waals surface area contributed by atoms with E-state index in [1.165, 1.54) is 5.56 Å². The molecular weight excluding hydrogens is 390 g/mol. The van der Waals surface area contributed by atoms with Crippen LogP contribution in [0.4, 0.5) is 0 Å². The number of pyridine rings is 2. The Labute approximate surface area is 184 Å². The van der Waals surface area contributed by atoms with Gasteiger partial charge in [0, 0.05) is 29.6 Å². The van der Waals surface area contributed by atoms with Gasteiger partial charge in [0.05, 0.1) is 11.0 Å². The van der Waals surface area contributed by atoms with Crippen LogP contribution in [0.1, 0.15) is 74.2 Å². The molecular formula is C25H33N3O3. The number of H-pyrrole nitrogens is 1. The summed E-state index contributed by atoms with van der Waals surface area (Å²) >= 11 is 0. The van der Waals surface area contributed by atoms with Crippen molar-refractivity contribution >= 4 is 17.0 Å². The Hall–Kier alpha value is -2.89. The fourth-order valence-corrected chi connectivity index (χ4v) is 3.64. The summed E-state index contributed by atoms with van der Waals surface area (Å²) in [6, 6.07) is 4.15. The Morgan fingerprint density at radius 2 is 1.81 bits per heavy atom. The summed E-state index contributed by atoms with van der Waals surface area (Å²) in [4.78, 5) is 24.9. The van der Waals surface area contributed by atoms with Gasteiger partial charge < -0.3 is 14.5 Å². The minimum absolute atomic E-state index is 0.160. The number of carbonyl (C=O) groups excluding carboxylic acids is 1. The van der Waals surface area contributed by atoms with E-state index in [1.807, 2.05) is 40.8 Å². The Bertz CT molecular complexity index is 1110. The highest BCUT2D eigenvalue weighted by Gasteiger charge is 2.19. The molecule has 1 N–H and O–H groups in total. The molecule has 0 saturated heterocycles. The maximum absolute atomic E-state index is 12.0. The molecule has 0 aromatic carbocycles. The third-order valence-electron chi connectivity index (χ3n) is 5.38. The summed E-state index contributed by atoms with van der Waals surface area (Å²) in [5.41, 5.74) is 7.82. The fraction of sp³-hybridized carbons (Fsp3) is 0.480. The molecule has 0 spiro atoms. The first-order chi connectivity index (χ1) is 14.5. The van der Waals surface area contributed by atoms with Crippen molar-refractivity contribution in [2.75, 3.05) is 6.61 Å². The van der Waals surface area contributed by atoms with Crippen molar-refractivity contribution in [1.29, 1.82) is 0 Å². The molecule has 0 aliphatic rings. The highest BCUT2D eigenvalue weighted by atomic mass is 16.6. The molecule has 3 aromatic rings. The molecule has 0 aliphatic heterocycles. The van der Waals surface area contributed by atoms with Crippen molar-refractivity contribution < 1.29 is 14.3 Å². The lowest BCUT2D eigenvalue weighted by atomic mass is 9.98. The Balaban J connectivity index is 1.83. The van der Waals surface area contributed by atoms with Gasteiger partial charge in [-0.1, -0.05) is 13.8 Å². The van der Waals surface area contributed by atoms with E-state index in [9.17, 15) is 4.79 Å². The summed E-state index contributed by atoms with van der Waals surface area (Å²) in [5.74, 6) is 0.476. The quantitative estimate of drug-likeness (QED) is 0.543. The summed E-state index contributed by atoms with van der Waals surface area (Å²) in [7, 11) is 0. The van der Waals surface area contributed by atoms with E-state index >= 15 is 0 Å². The van der Waals surface area contributed by atoms with Crippen LogP contribution in [0.25, 0.3) is 11.0 Å². The molecule has 166 valence electrons. The van der Waals surface area contributed by atoms with Crippen molar-refractivity contribution in [2.24, 2.45) is 0 Å². The molecule has 3 heterocycles. The molecule has 0 bridgehead atoms. The lowest BCUT2D eigenvalue weighted by Crippen LogP contribution is -2.27. The van der Waals surface area contributed by atoms with E-state index < -0.39 is 11.6 Å². The van der Waals surface area contributed by atoms with E-state index in [0.717, 1.165) is 39.1 Å². The van der Waals surface area contributed by atoms with Gasteiger partial charge in [0.25, 0.3) is 0 Å². The Morgan fingerprint density at radius 1 is 1.10 bits per heavy atom. The van der Waals surface area contributed by atoms with Crippen LogP contribution in [0.5, 0.6) is 5.88 Å². The van der Waals surface area contributed by atoms with Gasteiger partial charge in [0.2, 0.25) is 5.88 Å². The second kappa shape index (κ2) is 8.69. The number of carbonyl (C=O) groups is 1. The van der Waals surface area contributed by atoms with Crippen LogP contribution in [0, 0.1) is 20.8 Å². The highest BCUT2D eigenvalue weighted by molar-refractivity contribution is 5.79. The normalized spacial score (nSPS) is 11.9. The first-order valence-corrected chi connectivity index (χ1v) is 10.7. The van der Waals surface area contributed by atoms with E-state index in [4.69, 9.17) is 14.5 Å². The molecule has 0 radical (unpaired) electrons. The molecule has 3 rings (SSSR count). The topological polar surface area (TPSA) is 77.1 Å². The number of esters is 1. The first-order valence-electron chi connectivity index (χ1n) is 10.7. The van der Waals surface area contributed by atoms with Gasteiger partial charge in [0.15, 0.2) is 6.61 Å². The number of hydrogen-bond donors (Lipinski definition) is 1. The number of aryl methyl sites for hydroxylation is 1. The van der Waals surface area contributed by atoms with Crippen LogP contribution in [-0.2, 0) is 16.0 Å². The third kappa shape index (κ3) is 5.24. The SMILES string of the molecule is Cc1nc(OCC(=O)OC(C)(C)C)c(C)c(C)c1Cc1ccc2[nH]cc(C(C)C)c2n1. The summed E-state index contributed by atoms with van der Waals surface area (Å²) in [6.45, 7) is 15.7. The predicted octanol–water partition coefficient (Wildman–Crippen LogP) is 5.32. The molecule has 0 saturated carbocycles. The van der Waals surface area contributed by atoms with Gasteiger partial charge in [-0.15, -0.1) is 0 Å². The molecule has 0 fully saturated rings. The predicted molar refractivity (Wildman–Crippen MR) is 123 cm³/mol. The number of aromatic nitrogens is 3. The zero-order valence-corrected chi connectivity index (χ0v) is 19.8. The van der Waals surface area contributed by atoms with Gasteiger partial charge in [-0.3, -0.25) is 4.98 Å². The average Bonchev–Trinajstić information content (AvgIpc) is 3.09. The van der Waals surface area contributed by atoms with Crippen LogP contribution in [0.3, 0.4) is 0 Å².